The number of carbonyl (C=O) groups excluding carboxylic acids is 2. The van der Waals surface area contributed by atoms with E-state index in [0.717, 1.165) is 84.3 Å². The second-order valence-corrected chi connectivity index (χ2v) is 28.9. The number of unbranched alkanes of at least 4 members (excludes halogenated alkanes) is 22. The number of ether oxygens (including phenoxy) is 2. The Morgan fingerprint density at radius 1 is 0.300 bits per heavy atom. The van der Waals surface area contributed by atoms with E-state index in [0.29, 0.717) is 22.8 Å². The van der Waals surface area contributed by atoms with Gasteiger partial charge in [0.25, 0.3) is 0 Å². The molecule has 0 unspecified atom stereocenters. The van der Waals surface area contributed by atoms with Gasteiger partial charge in [0.15, 0.2) is 0 Å². The van der Waals surface area contributed by atoms with Gasteiger partial charge in [-0.05, 0) is 311 Å². The number of rotatable bonds is 40. The summed E-state index contributed by atoms with van der Waals surface area (Å²) in [5.41, 5.74) is 8.40. The molecule has 14 nitrogen and oxygen atoms in total. The molecule has 0 bridgehead atoms. The Bertz CT molecular complexity index is 6480. The standard InChI is InChI=1S/C56H8N2O2.2C27H41N2O.C12H12N2O2.2CH4.2Pd.44H2/c1-3-5-7-9-11-13-15-17-19-21-23-25-27-29-31-33-35-37-39-41-43-55(59)51-45-47-57-53(49-51)54-50-52(46-48-58-54)56(60)44-42-40-38-36-34-32-30-28-26-24-22-20-18-16-14-12-10-8-6-4-2;2*1-3-5-7-9-10-11-12-13-15-21-30-26-19-17-25(18-20-26)27-28-22-24(23-29-27)16-14-8-6-4-2;15-7-9-1-3-13-11(5-9)12-6-10(8-16)2-4-14-12;;;;;;;;;;;;;;;;;;;;;;;;;;;;;;;;;;;;;;;;;;;;;;;;/h1-2,45-50H;2*17,19-20,22-23H,3-16,21H2,1-2H3;1-6,15-16H,7-8H2;2*1H4;;;44*1H/q;2*-1;;;;;;;;;;;;;;;;;;;;;;;;;;;;;;;;;;;;;;;;;;;;;;;;;. The number of benzene rings is 2. The smallest absolute Gasteiger partial charge is 0.237 e. The molecule has 0 fully saturated rings. The number of nitrogens with zero attached hydrogens (tertiary/aromatic N) is 8. The summed E-state index contributed by atoms with van der Waals surface area (Å²) in [4.78, 5) is 60.2. The Hall–Kier alpha value is -16.3. The molecule has 16 heteroatoms. The van der Waals surface area contributed by atoms with Crippen LogP contribution in [0, 0.1) is 274 Å². The maximum absolute atomic E-state index is 12.6. The summed E-state index contributed by atoms with van der Waals surface area (Å²) < 4.78 is 11.7. The Morgan fingerprint density at radius 3 is 0.800 bits per heavy atom. The fourth-order valence-electron chi connectivity index (χ4n) is 11.5. The van der Waals surface area contributed by atoms with Crippen LogP contribution in [0.3, 0.4) is 0 Å². The number of aromatic nitrogens is 8. The van der Waals surface area contributed by atoms with Gasteiger partial charge in [0.05, 0.1) is 60.9 Å². The van der Waals surface area contributed by atoms with Crippen LogP contribution in [-0.4, -0.2) is 74.9 Å². The molecule has 0 saturated carbocycles. The van der Waals surface area contributed by atoms with Crippen molar-refractivity contribution < 1.29 is 133 Å². The molecule has 8 aromatic rings. The van der Waals surface area contributed by atoms with Crippen molar-refractivity contribution in [3.05, 3.63) is 180 Å². The molecule has 0 aliphatic heterocycles. The van der Waals surface area contributed by atoms with Crippen molar-refractivity contribution in [2.24, 2.45) is 0 Å². The molecule has 0 aliphatic rings. The summed E-state index contributed by atoms with van der Waals surface area (Å²) in [6.45, 7) is 10.5. The van der Waals surface area contributed by atoms with Gasteiger partial charge < -0.3 is 19.7 Å². The fourth-order valence-corrected chi connectivity index (χ4v) is 11.5. The number of aliphatic hydroxyl groups is 2. The first-order chi connectivity index (χ1) is 67.1. The van der Waals surface area contributed by atoms with E-state index in [1.54, 1.807) is 36.7 Å². The van der Waals surface area contributed by atoms with Crippen LogP contribution in [0.1, 0.15) is 315 Å². The molecule has 6 aromatic heterocycles. The van der Waals surface area contributed by atoms with Crippen LogP contribution in [0.15, 0.2) is 135 Å². The Labute approximate surface area is 927 Å². The van der Waals surface area contributed by atoms with Gasteiger partial charge in [-0.25, -0.2) is 0 Å². The van der Waals surface area contributed by atoms with E-state index < -0.39 is 11.6 Å². The molecule has 0 saturated heterocycles. The Kier molecular flexibility index (Phi) is 74.4. The number of ketones is 2. The number of carbonyl (C=O) groups is 2. The van der Waals surface area contributed by atoms with Crippen LogP contribution in [0.25, 0.3) is 45.6 Å². The predicted molar refractivity (Wildman–Crippen MR) is 649 cm³/mol. The molecule has 6 heterocycles. The van der Waals surface area contributed by atoms with E-state index in [4.69, 9.17) is 32.5 Å². The minimum absolute atomic E-state index is 0. The molecule has 2 aromatic carbocycles. The molecule has 0 radical (unpaired) electrons. The van der Waals surface area contributed by atoms with Crippen LogP contribution in [0.2, 0.25) is 0 Å². The van der Waals surface area contributed by atoms with E-state index in [9.17, 15) is 9.59 Å². The quantitative estimate of drug-likeness (QED) is 0.00919. The van der Waals surface area contributed by atoms with Crippen molar-refractivity contribution in [1.82, 2.24) is 39.9 Å². The van der Waals surface area contributed by atoms with Crippen molar-refractivity contribution in [2.75, 3.05) is 13.2 Å². The van der Waals surface area contributed by atoms with Crippen LogP contribution >= 0.6 is 0 Å². The van der Waals surface area contributed by atoms with Crippen molar-refractivity contribution in [3.63, 3.8) is 0 Å². The largest absolute Gasteiger partial charge is 0.537 e. The van der Waals surface area contributed by atoms with Gasteiger partial charge in [-0.15, -0.1) is 72.5 Å². The number of hydrogen-bond acceptors (Lipinski definition) is 14. The monoisotopic (exact) mass is 2110 g/mol. The van der Waals surface area contributed by atoms with Crippen molar-refractivity contribution >= 4 is 11.6 Å². The summed E-state index contributed by atoms with van der Waals surface area (Å²) in [5, 5.41) is 18.0. The molecular weight excluding hydrogens is 1910 g/mol. The molecule has 792 valence electrons. The average molecular weight is 2110 g/mol. The zero-order chi connectivity index (χ0) is 96.8. The summed E-state index contributed by atoms with van der Waals surface area (Å²) in [6, 6.07) is 31.4. The Morgan fingerprint density at radius 2 is 0.543 bits per heavy atom. The SMILES string of the molecule is C.C.C#CC#CC#CC#CC#CC#CC#CC#CC#CC#CC#CC(=O)c1ccnc(-c2cc(C(=O)C#CC#CC#CC#CC#CC#CC#CC#CC#CC#CC#C)ccn2)c1.CCCCCCCCCCCOc1c[c-]c(-c2ncc(CCCCCC)cn2)cc1.CCCCCCCCCCCOc1c[c-]c(-c2ncc(CCCCCC)cn2)cc1.OCc1ccnc(-c2cc(CO)ccn2)c1.[HH].[HH].[HH].[HH].[HH].[HH].[HH].[HH].[HH].[HH].[HH].[HH].[HH].[HH].[HH].[HH].[HH].[HH].[HH].[HH].[HH].[HH].[HH].[HH].[HH].[HH].[HH].[HH].[HH].[HH].[HH].[HH].[HH].[HH].[HH].[HH].[HH].[HH].[HH].[HH].[HH].[HH].[HH].[HH].[Pd].[Pd]. The van der Waals surface area contributed by atoms with Crippen molar-refractivity contribution in [3.8, 4) is 319 Å². The maximum Gasteiger partial charge on any atom is 0.237 e. The molecule has 8 rings (SSSR count). The molecule has 0 spiro atoms. The van der Waals surface area contributed by atoms with Crippen LogP contribution in [0.5, 0.6) is 11.5 Å². The van der Waals surface area contributed by atoms with Gasteiger partial charge in [-0.2, -0.15) is 0 Å². The van der Waals surface area contributed by atoms with Crippen molar-refractivity contribution in [1.29, 1.82) is 0 Å². The van der Waals surface area contributed by atoms with Gasteiger partial charge in [-0.3, -0.25) is 49.5 Å². The minimum Gasteiger partial charge on any atom is -0.537 e. The van der Waals surface area contributed by atoms with Crippen LogP contribution in [-0.2, 0) is 66.9 Å². The number of Topliss-reactive ketones (excluding diaryl/α,β-unsaturated/α-hetero) is 2. The van der Waals surface area contributed by atoms with Crippen LogP contribution in [0.4, 0.5) is 0 Å². The second kappa shape index (κ2) is 85.6. The normalized spacial score (nSPS) is 8.37. The van der Waals surface area contributed by atoms with Crippen LogP contribution < -0.4 is 9.47 Å². The summed E-state index contributed by atoms with van der Waals surface area (Å²) in [6.07, 6.45) is 60.1. The molecule has 2 N–H and O–H groups in total. The van der Waals surface area contributed by atoms with Gasteiger partial charge in [-0.1, -0.05) is 184 Å². The third-order valence-electron chi connectivity index (χ3n) is 18.5. The van der Waals surface area contributed by atoms with E-state index in [-0.39, 0.29) is 143 Å². The van der Waals surface area contributed by atoms with Gasteiger partial charge in [0, 0.05) is 223 Å². The molecule has 0 aliphatic carbocycles. The first kappa shape index (κ1) is 122. The average Bonchev–Trinajstić information content (AvgIpc) is 0.834. The maximum atomic E-state index is 12.6. The number of aryl methyl sites for hydroxylation is 2. The van der Waals surface area contributed by atoms with Crippen molar-refractivity contribution in [2.45, 2.75) is 236 Å². The summed E-state index contributed by atoms with van der Waals surface area (Å²) in [7, 11) is 0. The predicted octanol–water partition coefficient (Wildman–Crippen LogP) is 31.0. The third kappa shape index (κ3) is 60.1. The zero-order valence-corrected chi connectivity index (χ0v) is 81.3. The van der Waals surface area contributed by atoms with E-state index in [1.165, 1.54) is 202 Å². The number of pyridine rings is 4. The summed E-state index contributed by atoms with van der Waals surface area (Å²) in [5.74, 6) is 105. The Balaban J connectivity index is -0.0000000332. The van der Waals surface area contributed by atoms with E-state index in [2.05, 4.69) is 328 Å². The van der Waals surface area contributed by atoms with Gasteiger partial charge >= 0.3 is 0 Å². The summed E-state index contributed by atoms with van der Waals surface area (Å²) >= 11 is 0. The molecule has 0 amide bonds. The van der Waals surface area contributed by atoms with E-state index in [1.807, 2.05) is 61.2 Å². The second-order valence-electron chi connectivity index (χ2n) is 28.9. The topological polar surface area (TPSA) is 196 Å². The first-order valence-electron chi connectivity index (χ1n) is 45.1. The molecule has 0 atom stereocenters. The number of aliphatic hydroxyl groups excluding tert-OH is 2. The van der Waals surface area contributed by atoms with Gasteiger partial charge in [0.2, 0.25) is 11.6 Å². The fraction of sp³-hybridized carbons (Fsp3) is 0.306. The minimum atomic E-state index is -0.516. The number of terminal acetylenes is 2. The molecule has 140 heavy (non-hydrogen) atoms. The van der Waals surface area contributed by atoms with Gasteiger partial charge in [0.1, 0.15) is 0 Å². The zero-order valence-electron chi connectivity index (χ0n) is 78.2. The third-order valence-corrected chi connectivity index (χ3v) is 18.5. The number of hydrogen-bond donors (Lipinski definition) is 2. The van der Waals surface area contributed by atoms with E-state index >= 15 is 0 Å². The first-order valence-corrected chi connectivity index (χ1v) is 45.1. The molecular formula is C124H198N8O6Pd2-2.